The molecule has 0 bridgehead atoms. The van der Waals surface area contributed by atoms with Crippen LogP contribution in [0.25, 0.3) is 0 Å². The molecule has 2 aromatic carbocycles. The van der Waals surface area contributed by atoms with Crippen molar-refractivity contribution in [3.63, 3.8) is 0 Å². The van der Waals surface area contributed by atoms with Crippen LogP contribution < -0.4 is 4.90 Å². The zero-order valence-corrected chi connectivity index (χ0v) is 14.3. The van der Waals surface area contributed by atoms with Gasteiger partial charge in [-0.05, 0) is 61.1 Å². The summed E-state index contributed by atoms with van der Waals surface area (Å²) in [6.45, 7) is 0.772. The summed E-state index contributed by atoms with van der Waals surface area (Å²) < 4.78 is 4.81. The normalized spacial score (nSPS) is 22.1. The number of nitrogens with zero attached hydrogens (tertiary/aromatic N) is 1. The molecule has 0 saturated carbocycles. The van der Waals surface area contributed by atoms with Crippen LogP contribution in [-0.2, 0) is 22.4 Å². The van der Waals surface area contributed by atoms with E-state index < -0.39 is 0 Å². The molecular formula is C21H21NO3. The number of methoxy groups -OCH3 is 1. The highest BCUT2D eigenvalue weighted by molar-refractivity contribution is 5.99. The van der Waals surface area contributed by atoms with Crippen molar-refractivity contribution in [1.29, 1.82) is 0 Å². The number of carbonyl (C=O) groups is 2. The van der Waals surface area contributed by atoms with Crippen LogP contribution in [0, 0.1) is 5.41 Å². The average molecular weight is 335 g/mol. The lowest BCUT2D eigenvalue weighted by molar-refractivity contribution is -0.129. The summed E-state index contributed by atoms with van der Waals surface area (Å²) in [4.78, 5) is 27.0. The van der Waals surface area contributed by atoms with Gasteiger partial charge in [0.1, 0.15) is 0 Å². The number of ether oxygens (including phenoxy) is 1. The Hall–Kier alpha value is -2.62. The molecule has 0 aromatic heterocycles. The molecule has 2 aromatic rings. The fourth-order valence-electron chi connectivity index (χ4n) is 4.25. The van der Waals surface area contributed by atoms with E-state index in [0.29, 0.717) is 12.0 Å². The standard InChI is InChI=1S/C21H21NO3/c1-25-19(23)15-8-9-16-13-21(14-17(16)12-15)10-5-11-22(20(21)24)18-6-3-2-4-7-18/h2-4,6-9,12H,5,10-11,13-14H2,1H3/t21-/m1/s1. The summed E-state index contributed by atoms with van der Waals surface area (Å²) in [7, 11) is 1.39. The Morgan fingerprint density at radius 1 is 1.08 bits per heavy atom. The fraction of sp³-hybridized carbons (Fsp3) is 0.333. The summed E-state index contributed by atoms with van der Waals surface area (Å²) in [5, 5.41) is 0. The Labute approximate surface area is 147 Å². The van der Waals surface area contributed by atoms with Gasteiger partial charge >= 0.3 is 5.97 Å². The van der Waals surface area contributed by atoms with Crippen molar-refractivity contribution in [2.24, 2.45) is 5.41 Å². The highest BCUT2D eigenvalue weighted by Gasteiger charge is 2.48. The van der Waals surface area contributed by atoms with Crippen LogP contribution in [0.1, 0.15) is 34.3 Å². The van der Waals surface area contributed by atoms with Crippen LogP contribution in [0.5, 0.6) is 0 Å². The van der Waals surface area contributed by atoms with Crippen LogP contribution >= 0.6 is 0 Å². The first-order valence-electron chi connectivity index (χ1n) is 8.70. The molecule has 4 rings (SSSR count). The SMILES string of the molecule is COC(=O)c1ccc2c(c1)C[C@@]1(CCCN(c3ccccc3)C1=O)C2. The lowest BCUT2D eigenvalue weighted by atomic mass is 9.76. The van der Waals surface area contributed by atoms with E-state index in [1.807, 2.05) is 47.4 Å². The third-order valence-electron chi connectivity index (χ3n) is 5.49. The monoisotopic (exact) mass is 335 g/mol. The summed E-state index contributed by atoms with van der Waals surface area (Å²) in [6.07, 6.45) is 3.36. The van der Waals surface area contributed by atoms with Crippen molar-refractivity contribution in [1.82, 2.24) is 0 Å². The second kappa shape index (κ2) is 6.03. The van der Waals surface area contributed by atoms with E-state index in [1.165, 1.54) is 12.7 Å². The lowest BCUT2D eigenvalue weighted by Gasteiger charge is -2.39. The minimum atomic E-state index is -0.370. The highest BCUT2D eigenvalue weighted by Crippen LogP contribution is 2.45. The first-order valence-corrected chi connectivity index (χ1v) is 8.70. The Balaban J connectivity index is 1.64. The first kappa shape index (κ1) is 15.9. The van der Waals surface area contributed by atoms with Gasteiger partial charge < -0.3 is 9.64 Å². The molecule has 1 amide bonds. The number of fused-ring (bicyclic) bond motifs is 1. The molecular weight excluding hydrogens is 314 g/mol. The minimum absolute atomic E-state index is 0.209. The largest absolute Gasteiger partial charge is 0.465 e. The van der Waals surface area contributed by atoms with Gasteiger partial charge in [0.15, 0.2) is 0 Å². The second-order valence-corrected chi connectivity index (χ2v) is 7.00. The molecule has 1 fully saturated rings. The van der Waals surface area contributed by atoms with Gasteiger partial charge in [0.25, 0.3) is 0 Å². The van der Waals surface area contributed by atoms with Gasteiger partial charge in [-0.15, -0.1) is 0 Å². The quantitative estimate of drug-likeness (QED) is 0.791. The molecule has 4 nitrogen and oxygen atoms in total. The zero-order valence-electron chi connectivity index (χ0n) is 14.3. The zero-order chi connectivity index (χ0) is 17.4. The smallest absolute Gasteiger partial charge is 0.337 e. The third kappa shape index (κ3) is 2.62. The number of hydrogen-bond acceptors (Lipinski definition) is 3. The topological polar surface area (TPSA) is 46.6 Å². The van der Waals surface area contributed by atoms with Gasteiger partial charge in [-0.2, -0.15) is 0 Å². The molecule has 128 valence electrons. The fourth-order valence-corrected chi connectivity index (χ4v) is 4.25. The van der Waals surface area contributed by atoms with Crippen LogP contribution in [0.15, 0.2) is 48.5 Å². The molecule has 1 saturated heterocycles. The number of para-hydroxylation sites is 1. The number of anilines is 1. The minimum Gasteiger partial charge on any atom is -0.465 e. The second-order valence-electron chi connectivity index (χ2n) is 7.00. The first-order chi connectivity index (χ1) is 12.1. The predicted molar refractivity (Wildman–Crippen MR) is 95.7 cm³/mol. The molecule has 0 unspecified atom stereocenters. The molecule has 1 aliphatic carbocycles. The molecule has 4 heteroatoms. The van der Waals surface area contributed by atoms with Gasteiger partial charge in [0.2, 0.25) is 5.91 Å². The lowest BCUT2D eigenvalue weighted by Crippen LogP contribution is -2.49. The molecule has 25 heavy (non-hydrogen) atoms. The van der Waals surface area contributed by atoms with Crippen molar-refractivity contribution in [3.8, 4) is 0 Å². The molecule has 0 radical (unpaired) electrons. The highest BCUT2D eigenvalue weighted by atomic mass is 16.5. The maximum atomic E-state index is 13.3. The van der Waals surface area contributed by atoms with E-state index in [4.69, 9.17) is 4.74 Å². The molecule has 1 heterocycles. The Morgan fingerprint density at radius 3 is 2.60 bits per heavy atom. The Bertz CT molecular complexity index is 830. The molecule has 1 atom stereocenters. The Kier molecular flexibility index (Phi) is 3.83. The maximum absolute atomic E-state index is 13.3. The van der Waals surface area contributed by atoms with Crippen molar-refractivity contribution >= 4 is 17.6 Å². The van der Waals surface area contributed by atoms with E-state index in [0.717, 1.165) is 37.1 Å². The molecule has 1 aliphatic heterocycles. The number of benzene rings is 2. The molecule has 0 N–H and O–H groups in total. The van der Waals surface area contributed by atoms with E-state index in [2.05, 4.69) is 0 Å². The molecule has 2 aliphatic rings. The summed E-state index contributed by atoms with van der Waals surface area (Å²) >= 11 is 0. The summed E-state index contributed by atoms with van der Waals surface area (Å²) in [5.74, 6) is -0.120. The van der Waals surface area contributed by atoms with Crippen molar-refractivity contribution < 1.29 is 14.3 Å². The Morgan fingerprint density at radius 2 is 1.84 bits per heavy atom. The van der Waals surface area contributed by atoms with Crippen LogP contribution in [0.4, 0.5) is 5.69 Å². The van der Waals surface area contributed by atoms with Crippen molar-refractivity contribution in [2.45, 2.75) is 25.7 Å². The van der Waals surface area contributed by atoms with Gasteiger partial charge in [0.05, 0.1) is 18.1 Å². The van der Waals surface area contributed by atoms with E-state index >= 15 is 0 Å². The number of piperidine rings is 1. The van der Waals surface area contributed by atoms with Gasteiger partial charge in [-0.3, -0.25) is 4.79 Å². The average Bonchev–Trinajstić information content (AvgIpc) is 3.02. The van der Waals surface area contributed by atoms with Crippen LogP contribution in [0.2, 0.25) is 0 Å². The number of amides is 1. The number of hydrogen-bond donors (Lipinski definition) is 0. The predicted octanol–water partition coefficient (Wildman–Crippen LogP) is 3.39. The number of rotatable bonds is 2. The van der Waals surface area contributed by atoms with Crippen LogP contribution in [-0.4, -0.2) is 25.5 Å². The van der Waals surface area contributed by atoms with Crippen molar-refractivity contribution in [3.05, 3.63) is 65.2 Å². The van der Waals surface area contributed by atoms with E-state index in [-0.39, 0.29) is 17.3 Å². The molecule has 1 spiro atoms. The van der Waals surface area contributed by atoms with Gasteiger partial charge in [0, 0.05) is 12.2 Å². The van der Waals surface area contributed by atoms with E-state index in [9.17, 15) is 9.59 Å². The van der Waals surface area contributed by atoms with Crippen LogP contribution in [0.3, 0.4) is 0 Å². The summed E-state index contributed by atoms with van der Waals surface area (Å²) in [5.41, 5.74) is 3.44. The number of carbonyl (C=O) groups excluding carboxylic acids is 2. The third-order valence-corrected chi connectivity index (χ3v) is 5.49. The van der Waals surface area contributed by atoms with Crippen molar-refractivity contribution in [2.75, 3.05) is 18.6 Å². The maximum Gasteiger partial charge on any atom is 0.337 e. The number of esters is 1. The summed E-state index contributed by atoms with van der Waals surface area (Å²) in [6, 6.07) is 15.6. The van der Waals surface area contributed by atoms with E-state index in [1.54, 1.807) is 6.07 Å². The van der Waals surface area contributed by atoms with Gasteiger partial charge in [-0.1, -0.05) is 24.3 Å². The van der Waals surface area contributed by atoms with Gasteiger partial charge in [-0.25, -0.2) is 4.79 Å².